The standard InChI is InChI=1S/C19H18N6S/c1-13(2)11-25-18(14-7-9-20-10-8-14)23-24-19(25)26-12-17-21-15-5-3-4-6-16(15)22-17/h3-10H,1,11-12H2,2H3,(H,21,22). The third kappa shape index (κ3) is 3.39. The molecule has 3 heterocycles. The van der Waals surface area contributed by atoms with Gasteiger partial charge >= 0.3 is 0 Å². The van der Waals surface area contributed by atoms with Crippen LogP contribution in [0.1, 0.15) is 12.7 Å². The number of para-hydroxylation sites is 2. The largest absolute Gasteiger partial charge is 0.341 e. The number of hydrogen-bond donors (Lipinski definition) is 1. The molecular weight excluding hydrogens is 344 g/mol. The van der Waals surface area contributed by atoms with E-state index in [-0.39, 0.29) is 0 Å². The van der Waals surface area contributed by atoms with Gasteiger partial charge in [-0.15, -0.1) is 10.2 Å². The van der Waals surface area contributed by atoms with Gasteiger partial charge in [-0.1, -0.05) is 36.0 Å². The summed E-state index contributed by atoms with van der Waals surface area (Å²) in [6.45, 7) is 6.71. The molecular formula is C19H18N6S. The fourth-order valence-electron chi connectivity index (χ4n) is 2.73. The number of benzene rings is 1. The topological polar surface area (TPSA) is 72.3 Å². The van der Waals surface area contributed by atoms with Crippen LogP contribution in [-0.2, 0) is 12.3 Å². The van der Waals surface area contributed by atoms with E-state index in [9.17, 15) is 0 Å². The summed E-state index contributed by atoms with van der Waals surface area (Å²) in [5.41, 5.74) is 4.06. The molecule has 6 nitrogen and oxygen atoms in total. The van der Waals surface area contributed by atoms with Crippen molar-refractivity contribution in [2.45, 2.75) is 24.4 Å². The molecule has 0 aliphatic heterocycles. The number of nitrogens with one attached hydrogen (secondary N) is 1. The Balaban J connectivity index is 1.61. The second-order valence-electron chi connectivity index (χ2n) is 6.07. The molecule has 4 aromatic rings. The summed E-state index contributed by atoms with van der Waals surface area (Å²) < 4.78 is 2.09. The Labute approximate surface area is 155 Å². The van der Waals surface area contributed by atoms with Gasteiger partial charge in [0.15, 0.2) is 11.0 Å². The normalized spacial score (nSPS) is 11.1. The van der Waals surface area contributed by atoms with Gasteiger partial charge in [-0.05, 0) is 31.2 Å². The molecule has 1 N–H and O–H groups in total. The summed E-state index contributed by atoms with van der Waals surface area (Å²) in [7, 11) is 0. The Kier molecular flexibility index (Phi) is 4.53. The van der Waals surface area contributed by atoms with Crippen molar-refractivity contribution in [1.82, 2.24) is 29.7 Å². The van der Waals surface area contributed by atoms with Crippen LogP contribution in [0.2, 0.25) is 0 Å². The van der Waals surface area contributed by atoms with Crippen LogP contribution >= 0.6 is 11.8 Å². The van der Waals surface area contributed by atoms with Gasteiger partial charge in [-0.2, -0.15) is 0 Å². The summed E-state index contributed by atoms with van der Waals surface area (Å²) in [5.74, 6) is 2.44. The third-order valence-corrected chi connectivity index (χ3v) is 4.84. The van der Waals surface area contributed by atoms with Crippen LogP contribution in [0.15, 0.2) is 66.1 Å². The number of aromatic nitrogens is 6. The Hall–Kier alpha value is -2.93. The number of hydrogen-bond acceptors (Lipinski definition) is 5. The van der Waals surface area contributed by atoms with Crippen molar-refractivity contribution in [2.75, 3.05) is 0 Å². The zero-order chi connectivity index (χ0) is 17.9. The van der Waals surface area contributed by atoms with Gasteiger partial charge in [0.05, 0.1) is 16.8 Å². The minimum Gasteiger partial charge on any atom is -0.341 e. The number of nitrogens with zero attached hydrogens (tertiary/aromatic N) is 5. The lowest BCUT2D eigenvalue weighted by molar-refractivity contribution is 0.706. The number of imidazole rings is 1. The quantitative estimate of drug-likeness (QED) is 0.413. The lowest BCUT2D eigenvalue weighted by Crippen LogP contribution is -2.03. The number of aromatic amines is 1. The second kappa shape index (κ2) is 7.13. The number of thioether (sulfide) groups is 1. The van der Waals surface area contributed by atoms with Gasteiger partial charge in [0.1, 0.15) is 5.82 Å². The number of allylic oxidation sites excluding steroid dienone is 1. The van der Waals surface area contributed by atoms with E-state index >= 15 is 0 Å². The van der Waals surface area contributed by atoms with Crippen molar-refractivity contribution in [2.24, 2.45) is 0 Å². The summed E-state index contributed by atoms with van der Waals surface area (Å²) in [5, 5.41) is 9.62. The first-order valence-corrected chi connectivity index (χ1v) is 9.23. The van der Waals surface area contributed by atoms with Crippen LogP contribution in [0.25, 0.3) is 22.4 Å². The molecule has 7 heteroatoms. The SMILES string of the molecule is C=C(C)Cn1c(SCc2nc3ccccc3[nH]2)nnc1-c1ccncc1. The van der Waals surface area contributed by atoms with Crippen LogP contribution in [0, 0.1) is 0 Å². The Morgan fingerprint density at radius 3 is 2.73 bits per heavy atom. The highest BCUT2D eigenvalue weighted by molar-refractivity contribution is 7.98. The zero-order valence-corrected chi connectivity index (χ0v) is 15.2. The minimum absolute atomic E-state index is 0.674. The highest BCUT2D eigenvalue weighted by Crippen LogP contribution is 2.27. The van der Waals surface area contributed by atoms with E-state index < -0.39 is 0 Å². The van der Waals surface area contributed by atoms with Gasteiger partial charge in [-0.25, -0.2) is 4.98 Å². The van der Waals surface area contributed by atoms with Crippen LogP contribution in [0.3, 0.4) is 0 Å². The van der Waals surface area contributed by atoms with Gasteiger partial charge in [0.25, 0.3) is 0 Å². The molecule has 0 amide bonds. The Morgan fingerprint density at radius 1 is 1.15 bits per heavy atom. The number of H-pyrrole nitrogens is 1. The molecule has 0 radical (unpaired) electrons. The van der Waals surface area contributed by atoms with Crippen LogP contribution in [-0.4, -0.2) is 29.7 Å². The first kappa shape index (κ1) is 16.5. The van der Waals surface area contributed by atoms with Crippen LogP contribution in [0.5, 0.6) is 0 Å². The van der Waals surface area contributed by atoms with E-state index in [4.69, 9.17) is 0 Å². The molecule has 0 atom stereocenters. The highest BCUT2D eigenvalue weighted by Gasteiger charge is 2.15. The molecule has 0 aliphatic rings. The molecule has 0 unspecified atom stereocenters. The fourth-order valence-corrected chi connectivity index (χ4v) is 3.54. The van der Waals surface area contributed by atoms with Gasteiger partial charge in [0, 0.05) is 24.5 Å². The molecule has 3 aromatic heterocycles. The van der Waals surface area contributed by atoms with E-state index in [1.165, 1.54) is 0 Å². The molecule has 0 bridgehead atoms. The predicted molar refractivity (Wildman–Crippen MR) is 104 cm³/mol. The molecule has 0 spiro atoms. The molecule has 0 saturated heterocycles. The summed E-state index contributed by atoms with van der Waals surface area (Å²) >= 11 is 1.61. The smallest absolute Gasteiger partial charge is 0.192 e. The maximum Gasteiger partial charge on any atom is 0.192 e. The van der Waals surface area contributed by atoms with E-state index in [1.54, 1.807) is 24.2 Å². The summed E-state index contributed by atoms with van der Waals surface area (Å²) in [6, 6.07) is 11.9. The van der Waals surface area contributed by atoms with Crippen LogP contribution < -0.4 is 0 Å². The molecule has 130 valence electrons. The molecule has 0 aliphatic carbocycles. The van der Waals surface area contributed by atoms with Crippen molar-refractivity contribution in [3.05, 3.63) is 66.8 Å². The average Bonchev–Trinajstić information content (AvgIpc) is 3.24. The molecule has 4 rings (SSSR count). The first-order chi connectivity index (χ1) is 12.7. The summed E-state index contributed by atoms with van der Waals surface area (Å²) in [6.07, 6.45) is 3.52. The van der Waals surface area contributed by atoms with E-state index in [2.05, 4.69) is 36.3 Å². The van der Waals surface area contributed by atoms with Crippen molar-refractivity contribution in [1.29, 1.82) is 0 Å². The third-order valence-electron chi connectivity index (χ3n) is 3.86. The zero-order valence-electron chi connectivity index (χ0n) is 14.4. The predicted octanol–water partition coefficient (Wildman–Crippen LogP) is 4.08. The van der Waals surface area contributed by atoms with Crippen LogP contribution in [0.4, 0.5) is 0 Å². The number of rotatable bonds is 6. The van der Waals surface area contributed by atoms with E-state index in [0.29, 0.717) is 12.3 Å². The Bertz CT molecular complexity index is 1020. The summed E-state index contributed by atoms with van der Waals surface area (Å²) in [4.78, 5) is 12.0. The maximum atomic E-state index is 4.62. The molecule has 26 heavy (non-hydrogen) atoms. The maximum absolute atomic E-state index is 4.62. The molecule has 0 fully saturated rings. The van der Waals surface area contributed by atoms with Gasteiger partial charge < -0.3 is 4.98 Å². The number of pyridine rings is 1. The highest BCUT2D eigenvalue weighted by atomic mass is 32.2. The number of fused-ring (bicyclic) bond motifs is 1. The van der Waals surface area contributed by atoms with E-state index in [0.717, 1.165) is 39.0 Å². The van der Waals surface area contributed by atoms with Gasteiger partial charge in [0.2, 0.25) is 0 Å². The van der Waals surface area contributed by atoms with Gasteiger partial charge in [-0.3, -0.25) is 9.55 Å². The van der Waals surface area contributed by atoms with Crippen molar-refractivity contribution < 1.29 is 0 Å². The van der Waals surface area contributed by atoms with Crippen molar-refractivity contribution in [3.8, 4) is 11.4 Å². The molecule has 1 aromatic carbocycles. The second-order valence-corrected chi connectivity index (χ2v) is 7.02. The van der Waals surface area contributed by atoms with Crippen molar-refractivity contribution >= 4 is 22.8 Å². The average molecular weight is 362 g/mol. The first-order valence-electron chi connectivity index (χ1n) is 8.25. The molecule has 0 saturated carbocycles. The minimum atomic E-state index is 0.674. The monoisotopic (exact) mass is 362 g/mol. The van der Waals surface area contributed by atoms with Crippen molar-refractivity contribution in [3.63, 3.8) is 0 Å². The van der Waals surface area contributed by atoms with E-state index in [1.807, 2.05) is 43.3 Å². The Morgan fingerprint density at radius 2 is 1.96 bits per heavy atom. The lowest BCUT2D eigenvalue weighted by Gasteiger charge is -2.09. The fraction of sp³-hybridized carbons (Fsp3) is 0.158. The lowest BCUT2D eigenvalue weighted by atomic mass is 10.2.